The topological polar surface area (TPSA) is 84.2 Å². The third-order valence-electron chi connectivity index (χ3n) is 6.32. The van der Waals surface area contributed by atoms with Gasteiger partial charge in [-0.05, 0) is 92.1 Å². The summed E-state index contributed by atoms with van der Waals surface area (Å²) in [5, 5.41) is 13.2. The Morgan fingerprint density at radius 3 is 2.05 bits per heavy atom. The van der Waals surface area contributed by atoms with Gasteiger partial charge in [0.25, 0.3) is 0 Å². The summed E-state index contributed by atoms with van der Waals surface area (Å²) in [6.07, 6.45) is 0. The van der Waals surface area contributed by atoms with E-state index < -0.39 is 5.25 Å². The number of thioether (sulfide) groups is 1. The summed E-state index contributed by atoms with van der Waals surface area (Å²) < 4.78 is 10.6. The van der Waals surface area contributed by atoms with Crippen LogP contribution in [0.3, 0.4) is 0 Å². The summed E-state index contributed by atoms with van der Waals surface area (Å²) in [6, 6.07) is 25.2. The highest BCUT2D eigenvalue weighted by Gasteiger charge is 2.22. The summed E-state index contributed by atoms with van der Waals surface area (Å²) in [7, 11) is 3.24. The lowest BCUT2D eigenvalue weighted by atomic mass is 9.99. The summed E-state index contributed by atoms with van der Waals surface area (Å²) in [4.78, 5) is 17.9. The van der Waals surface area contributed by atoms with Crippen molar-refractivity contribution in [2.45, 2.75) is 31.0 Å². The van der Waals surface area contributed by atoms with Gasteiger partial charge in [0.2, 0.25) is 5.91 Å². The molecule has 0 bridgehead atoms. The Hall–Kier alpha value is -4.28. The molecule has 1 N–H and O–H groups in total. The second kappa shape index (κ2) is 11.8. The zero-order chi connectivity index (χ0) is 27.2. The zero-order valence-electron chi connectivity index (χ0n) is 22.0. The first-order valence-corrected chi connectivity index (χ1v) is 13.0. The number of methoxy groups -OCH3 is 2. The Bertz CT molecular complexity index is 1490. The van der Waals surface area contributed by atoms with E-state index in [-0.39, 0.29) is 5.91 Å². The number of nitrogens with one attached hydrogen (secondary N) is 1. The number of amides is 1. The van der Waals surface area contributed by atoms with Crippen molar-refractivity contribution in [1.29, 1.82) is 5.26 Å². The van der Waals surface area contributed by atoms with E-state index in [1.54, 1.807) is 14.2 Å². The molecule has 0 radical (unpaired) electrons. The first-order chi connectivity index (χ1) is 18.3. The molecule has 38 heavy (non-hydrogen) atoms. The zero-order valence-corrected chi connectivity index (χ0v) is 22.8. The van der Waals surface area contributed by atoms with Crippen LogP contribution in [0.15, 0.2) is 77.8 Å². The maximum Gasteiger partial charge on any atom is 0.237 e. The van der Waals surface area contributed by atoms with Crippen LogP contribution in [0.25, 0.3) is 22.4 Å². The van der Waals surface area contributed by atoms with Crippen molar-refractivity contribution in [3.05, 3.63) is 89.5 Å². The van der Waals surface area contributed by atoms with Gasteiger partial charge in [0.15, 0.2) is 0 Å². The third-order valence-corrected chi connectivity index (χ3v) is 7.40. The monoisotopic (exact) mass is 523 g/mol. The molecule has 4 aromatic rings. The van der Waals surface area contributed by atoms with Gasteiger partial charge in [0.05, 0.1) is 30.7 Å². The van der Waals surface area contributed by atoms with E-state index in [4.69, 9.17) is 14.5 Å². The quantitative estimate of drug-likeness (QED) is 0.249. The normalized spacial score (nSPS) is 11.4. The molecule has 4 rings (SSSR count). The molecule has 6 nitrogen and oxygen atoms in total. The number of rotatable bonds is 8. The van der Waals surface area contributed by atoms with Crippen molar-refractivity contribution in [1.82, 2.24) is 4.98 Å². The summed E-state index contributed by atoms with van der Waals surface area (Å²) >= 11 is 1.27. The van der Waals surface area contributed by atoms with Crippen LogP contribution in [-0.4, -0.2) is 30.4 Å². The van der Waals surface area contributed by atoms with Gasteiger partial charge in [-0.15, -0.1) is 0 Å². The number of aryl methyl sites for hydroxylation is 2. The van der Waals surface area contributed by atoms with E-state index in [2.05, 4.69) is 11.4 Å². The molecule has 1 atom stereocenters. The van der Waals surface area contributed by atoms with Gasteiger partial charge in [-0.3, -0.25) is 4.79 Å². The largest absolute Gasteiger partial charge is 0.497 e. The molecule has 1 aromatic heterocycles. The van der Waals surface area contributed by atoms with Crippen molar-refractivity contribution in [3.63, 3.8) is 0 Å². The van der Waals surface area contributed by atoms with Crippen molar-refractivity contribution in [2.75, 3.05) is 19.5 Å². The van der Waals surface area contributed by atoms with Gasteiger partial charge in [0, 0.05) is 16.8 Å². The fourth-order valence-corrected chi connectivity index (χ4v) is 4.83. The number of carbonyl (C=O) groups is 1. The van der Waals surface area contributed by atoms with Crippen LogP contribution in [0.5, 0.6) is 11.5 Å². The first-order valence-electron chi connectivity index (χ1n) is 12.1. The Balaban J connectivity index is 1.73. The Labute approximate surface area is 227 Å². The molecule has 0 fully saturated rings. The predicted molar refractivity (Wildman–Crippen MR) is 153 cm³/mol. The van der Waals surface area contributed by atoms with Crippen LogP contribution < -0.4 is 14.8 Å². The number of nitriles is 1. The molecule has 0 saturated carbocycles. The standard InChI is InChI=1S/C31H29N3O3S/c1-19-6-11-24(16-20(19)2)33-30(35)21(3)38-31-28(18-32)27(22-7-12-25(36-4)13-8-22)17-29(34-31)23-9-14-26(37-5)15-10-23/h6-17,21H,1-5H3,(H,33,35)/t21-/m1/s1. The molecule has 192 valence electrons. The van der Waals surface area contributed by atoms with E-state index in [1.165, 1.54) is 11.8 Å². The molecule has 3 aromatic carbocycles. The highest BCUT2D eigenvalue weighted by atomic mass is 32.2. The van der Waals surface area contributed by atoms with Crippen molar-refractivity contribution in [2.24, 2.45) is 0 Å². The predicted octanol–water partition coefficient (Wildman–Crippen LogP) is 7.04. The smallest absolute Gasteiger partial charge is 0.237 e. The van der Waals surface area contributed by atoms with E-state index in [1.807, 2.05) is 93.6 Å². The SMILES string of the molecule is COc1ccc(-c2cc(-c3ccc(OC)cc3)c(C#N)c(S[C@H](C)C(=O)Nc3ccc(C)c(C)c3)n2)cc1. The van der Waals surface area contributed by atoms with Gasteiger partial charge in [-0.2, -0.15) is 5.26 Å². The number of hydrogen-bond acceptors (Lipinski definition) is 6. The van der Waals surface area contributed by atoms with Gasteiger partial charge in [-0.25, -0.2) is 4.98 Å². The van der Waals surface area contributed by atoms with Crippen molar-refractivity contribution < 1.29 is 14.3 Å². The lowest BCUT2D eigenvalue weighted by Crippen LogP contribution is -2.22. The lowest BCUT2D eigenvalue weighted by Gasteiger charge is -2.16. The second-order valence-corrected chi connectivity index (χ2v) is 10.2. The minimum Gasteiger partial charge on any atom is -0.497 e. The molecule has 0 spiro atoms. The van der Waals surface area contributed by atoms with Gasteiger partial charge < -0.3 is 14.8 Å². The Kier molecular flexibility index (Phi) is 8.35. The molecule has 0 aliphatic rings. The molecule has 0 aliphatic carbocycles. The summed E-state index contributed by atoms with van der Waals surface area (Å²) in [5.41, 5.74) is 6.59. The number of hydrogen-bond donors (Lipinski definition) is 1. The fraction of sp³-hybridized carbons (Fsp3) is 0.194. The molecule has 1 heterocycles. The van der Waals surface area contributed by atoms with Crippen LogP contribution in [0.2, 0.25) is 0 Å². The van der Waals surface area contributed by atoms with Crippen molar-refractivity contribution >= 4 is 23.4 Å². The molecular formula is C31H29N3O3S. The third kappa shape index (κ3) is 5.99. The average Bonchev–Trinajstić information content (AvgIpc) is 2.94. The van der Waals surface area contributed by atoms with Gasteiger partial charge in [0.1, 0.15) is 22.6 Å². The highest BCUT2D eigenvalue weighted by molar-refractivity contribution is 8.00. The number of aromatic nitrogens is 1. The van der Waals surface area contributed by atoms with Crippen LogP contribution in [0.1, 0.15) is 23.6 Å². The van der Waals surface area contributed by atoms with E-state index in [0.29, 0.717) is 16.3 Å². The maximum atomic E-state index is 13.1. The number of nitrogens with zero attached hydrogens (tertiary/aromatic N) is 2. The fourth-order valence-electron chi connectivity index (χ4n) is 3.91. The van der Waals surface area contributed by atoms with Gasteiger partial charge in [-0.1, -0.05) is 30.0 Å². The molecule has 0 aliphatic heterocycles. The molecule has 0 unspecified atom stereocenters. The number of carbonyl (C=O) groups excluding carboxylic acids is 1. The summed E-state index contributed by atoms with van der Waals surface area (Å²) in [5.74, 6) is 1.30. The first kappa shape index (κ1) is 26.8. The average molecular weight is 524 g/mol. The minimum absolute atomic E-state index is 0.162. The van der Waals surface area contributed by atoms with Gasteiger partial charge >= 0.3 is 0 Å². The van der Waals surface area contributed by atoms with Crippen LogP contribution in [0.4, 0.5) is 5.69 Å². The second-order valence-electron chi connectivity index (χ2n) is 8.85. The molecule has 0 saturated heterocycles. The highest BCUT2D eigenvalue weighted by Crippen LogP contribution is 2.36. The Morgan fingerprint density at radius 1 is 0.895 bits per heavy atom. The van der Waals surface area contributed by atoms with Crippen LogP contribution in [0, 0.1) is 25.2 Å². The number of benzene rings is 3. The Morgan fingerprint density at radius 2 is 1.50 bits per heavy atom. The van der Waals surface area contributed by atoms with E-state index >= 15 is 0 Å². The van der Waals surface area contributed by atoms with Crippen molar-refractivity contribution in [3.8, 4) is 40.0 Å². The molecule has 7 heteroatoms. The van der Waals surface area contributed by atoms with E-state index in [9.17, 15) is 10.1 Å². The van der Waals surface area contributed by atoms with E-state index in [0.717, 1.165) is 45.0 Å². The van der Waals surface area contributed by atoms with Crippen LogP contribution in [-0.2, 0) is 4.79 Å². The molecule has 1 amide bonds. The maximum absolute atomic E-state index is 13.1. The number of pyridine rings is 1. The number of anilines is 1. The van der Waals surface area contributed by atoms with Crippen LogP contribution >= 0.6 is 11.8 Å². The number of ether oxygens (including phenoxy) is 2. The minimum atomic E-state index is -0.494. The summed E-state index contributed by atoms with van der Waals surface area (Å²) in [6.45, 7) is 5.86. The molecular weight excluding hydrogens is 494 g/mol. The lowest BCUT2D eigenvalue weighted by molar-refractivity contribution is -0.115.